The molecule has 0 aliphatic rings. The summed E-state index contributed by atoms with van der Waals surface area (Å²) in [6, 6.07) is 18.0. The third kappa shape index (κ3) is 9.11. The number of ether oxygens (including phenoxy) is 1. The molecule has 0 saturated heterocycles. The lowest BCUT2D eigenvalue weighted by Crippen LogP contribution is -2.47. The van der Waals surface area contributed by atoms with E-state index in [9.17, 15) is 30.0 Å². The summed E-state index contributed by atoms with van der Waals surface area (Å²) in [7, 11) is -12.7. The summed E-state index contributed by atoms with van der Waals surface area (Å²) in [5, 5.41) is 0. The highest BCUT2D eigenvalue weighted by molar-refractivity contribution is 7.90. The Hall–Kier alpha value is -3.30. The van der Waals surface area contributed by atoms with E-state index in [4.69, 9.17) is 4.74 Å². The van der Waals surface area contributed by atoms with Crippen LogP contribution in [0.15, 0.2) is 87.5 Å². The third-order valence-electron chi connectivity index (χ3n) is 6.40. The summed E-state index contributed by atoms with van der Waals surface area (Å²) >= 11 is 0. The molecular formula is C30H39N3O8S3. The fourth-order valence-electron chi connectivity index (χ4n) is 3.98. The molecule has 0 atom stereocenters. The maximum Gasteiger partial charge on any atom is 0.424 e. The zero-order chi connectivity index (χ0) is 32.9. The second kappa shape index (κ2) is 13.8. The van der Waals surface area contributed by atoms with Crippen molar-refractivity contribution in [3.63, 3.8) is 0 Å². The van der Waals surface area contributed by atoms with Gasteiger partial charge in [-0.05, 0) is 77.9 Å². The summed E-state index contributed by atoms with van der Waals surface area (Å²) in [4.78, 5) is 13.0. The van der Waals surface area contributed by atoms with E-state index in [0.29, 0.717) is 4.31 Å². The van der Waals surface area contributed by atoms with Crippen molar-refractivity contribution in [2.75, 3.05) is 26.2 Å². The van der Waals surface area contributed by atoms with E-state index in [2.05, 4.69) is 4.72 Å². The number of sulfonamides is 3. The van der Waals surface area contributed by atoms with Crippen molar-refractivity contribution in [2.45, 2.75) is 61.8 Å². The van der Waals surface area contributed by atoms with Gasteiger partial charge >= 0.3 is 6.09 Å². The summed E-state index contributed by atoms with van der Waals surface area (Å²) in [6.45, 7) is 8.38. The number of nitrogens with one attached hydrogen (secondary N) is 1. The van der Waals surface area contributed by atoms with Crippen LogP contribution in [0.2, 0.25) is 0 Å². The van der Waals surface area contributed by atoms with Crippen LogP contribution in [0.3, 0.4) is 0 Å². The zero-order valence-electron chi connectivity index (χ0n) is 25.6. The van der Waals surface area contributed by atoms with Crippen LogP contribution in [0.25, 0.3) is 0 Å². The van der Waals surface area contributed by atoms with Crippen molar-refractivity contribution in [2.24, 2.45) is 0 Å². The van der Waals surface area contributed by atoms with Crippen molar-refractivity contribution >= 4 is 36.2 Å². The van der Waals surface area contributed by atoms with E-state index in [0.717, 1.165) is 21.0 Å². The third-order valence-corrected chi connectivity index (χ3v) is 11.6. The summed E-state index contributed by atoms with van der Waals surface area (Å²) in [6.07, 6.45) is -1.18. The topological polar surface area (TPSA) is 147 Å². The molecule has 3 rings (SSSR count). The average Bonchev–Trinajstić information content (AvgIpc) is 2.91. The van der Waals surface area contributed by atoms with E-state index >= 15 is 0 Å². The van der Waals surface area contributed by atoms with Gasteiger partial charge in [0.15, 0.2) is 0 Å². The number of rotatable bonds is 12. The predicted octanol–water partition coefficient (Wildman–Crippen LogP) is 4.21. The van der Waals surface area contributed by atoms with Crippen molar-refractivity contribution in [3.05, 3.63) is 89.5 Å². The van der Waals surface area contributed by atoms with Crippen LogP contribution < -0.4 is 4.72 Å². The lowest BCUT2D eigenvalue weighted by Gasteiger charge is -2.29. The highest BCUT2D eigenvalue weighted by atomic mass is 32.2. The van der Waals surface area contributed by atoms with Crippen LogP contribution in [0.5, 0.6) is 0 Å². The van der Waals surface area contributed by atoms with Crippen LogP contribution in [-0.4, -0.2) is 71.7 Å². The van der Waals surface area contributed by atoms with Gasteiger partial charge in [-0.15, -0.1) is 0 Å². The number of hydrogen-bond acceptors (Lipinski definition) is 8. The highest BCUT2D eigenvalue weighted by Gasteiger charge is 2.35. The molecule has 0 unspecified atom stereocenters. The fraction of sp³-hybridized carbons (Fsp3) is 0.367. The number of nitrogens with zero attached hydrogens (tertiary/aromatic N) is 2. The maximum absolute atomic E-state index is 13.7. The maximum atomic E-state index is 13.7. The molecule has 0 heterocycles. The molecule has 0 fully saturated rings. The van der Waals surface area contributed by atoms with Gasteiger partial charge < -0.3 is 4.74 Å². The minimum Gasteiger partial charge on any atom is -0.443 e. The van der Waals surface area contributed by atoms with E-state index in [1.54, 1.807) is 71.0 Å². The molecule has 0 aliphatic heterocycles. The molecule has 3 aromatic carbocycles. The molecule has 1 N–H and O–H groups in total. The Balaban J connectivity index is 1.94. The predicted molar refractivity (Wildman–Crippen MR) is 168 cm³/mol. The Morgan fingerprint density at radius 1 is 0.636 bits per heavy atom. The summed E-state index contributed by atoms with van der Waals surface area (Å²) in [5.41, 5.74) is 1.45. The number of carbonyl (C=O) groups is 1. The zero-order valence-corrected chi connectivity index (χ0v) is 28.1. The molecule has 3 aromatic rings. The van der Waals surface area contributed by atoms with Crippen LogP contribution >= 0.6 is 0 Å². The van der Waals surface area contributed by atoms with Crippen molar-refractivity contribution in [1.82, 2.24) is 13.3 Å². The molecule has 0 radical (unpaired) electrons. The molecule has 11 nitrogen and oxygen atoms in total. The van der Waals surface area contributed by atoms with E-state index in [1.165, 1.54) is 36.4 Å². The van der Waals surface area contributed by atoms with E-state index < -0.39 is 54.9 Å². The first-order valence-corrected chi connectivity index (χ1v) is 18.1. The van der Waals surface area contributed by atoms with Gasteiger partial charge in [0.25, 0.3) is 10.0 Å². The Morgan fingerprint density at radius 3 is 1.48 bits per heavy atom. The number of hydrogen-bond donors (Lipinski definition) is 1. The van der Waals surface area contributed by atoms with Gasteiger partial charge in [0.2, 0.25) is 20.0 Å². The largest absolute Gasteiger partial charge is 0.443 e. The van der Waals surface area contributed by atoms with E-state index in [1.807, 2.05) is 6.92 Å². The van der Waals surface area contributed by atoms with Gasteiger partial charge in [-0.3, -0.25) is 0 Å². The van der Waals surface area contributed by atoms with Crippen molar-refractivity contribution < 1.29 is 34.8 Å². The summed E-state index contributed by atoms with van der Waals surface area (Å²) < 4.78 is 89.7. The Bertz CT molecular complexity index is 1770. The van der Waals surface area contributed by atoms with E-state index in [-0.39, 0.29) is 27.8 Å². The lowest BCUT2D eigenvalue weighted by atomic mass is 10.2. The van der Waals surface area contributed by atoms with Gasteiger partial charge in [-0.2, -0.15) is 8.61 Å². The number of benzene rings is 3. The van der Waals surface area contributed by atoms with Crippen molar-refractivity contribution in [3.8, 4) is 0 Å². The smallest absolute Gasteiger partial charge is 0.424 e. The van der Waals surface area contributed by atoms with Crippen LogP contribution in [0.1, 0.15) is 37.5 Å². The fourth-order valence-corrected chi connectivity index (χ4v) is 7.72. The second-order valence-corrected chi connectivity index (χ2v) is 16.9. The number of carbonyl (C=O) groups excluding carboxylic acids is 1. The van der Waals surface area contributed by atoms with Crippen molar-refractivity contribution in [1.29, 1.82) is 0 Å². The van der Waals surface area contributed by atoms with Crippen LogP contribution in [0.4, 0.5) is 4.79 Å². The monoisotopic (exact) mass is 665 g/mol. The Kier molecular flexibility index (Phi) is 11.0. The van der Waals surface area contributed by atoms with Gasteiger partial charge in [-0.1, -0.05) is 53.1 Å². The molecule has 0 aliphatic carbocycles. The quantitative estimate of drug-likeness (QED) is 0.303. The van der Waals surface area contributed by atoms with Crippen LogP contribution in [0, 0.1) is 20.8 Å². The average molecular weight is 666 g/mol. The first-order chi connectivity index (χ1) is 20.3. The van der Waals surface area contributed by atoms with Crippen LogP contribution in [-0.2, 0) is 34.8 Å². The molecule has 14 heteroatoms. The SMILES string of the molecule is Cc1ccc(S(=O)(=O)NCCN(CCN(C(=O)OC(C)(C)C)S(=O)(=O)c2ccc(C)cc2)S(=O)(=O)c2ccc(C)cc2)cc1. The number of amides is 1. The Morgan fingerprint density at radius 2 is 1.05 bits per heavy atom. The van der Waals surface area contributed by atoms with Gasteiger partial charge in [0.1, 0.15) is 5.60 Å². The minimum atomic E-state index is -4.46. The molecule has 44 heavy (non-hydrogen) atoms. The van der Waals surface area contributed by atoms with Gasteiger partial charge in [0.05, 0.1) is 21.2 Å². The molecule has 0 saturated carbocycles. The normalized spacial score (nSPS) is 12.7. The molecule has 0 aromatic heterocycles. The first-order valence-electron chi connectivity index (χ1n) is 13.8. The molecule has 240 valence electrons. The molecule has 0 spiro atoms. The first kappa shape index (κ1) is 35.2. The standard InChI is InChI=1S/C30H39N3O8S3/c1-23-7-13-26(14-8-23)42(35,36)31-19-20-32(43(37,38)27-15-9-24(2)10-16-27)21-22-33(29(34)41-30(4,5)6)44(39,40)28-17-11-25(3)12-18-28/h7-18,31H,19-22H2,1-6H3. The molecule has 1 amide bonds. The highest BCUT2D eigenvalue weighted by Crippen LogP contribution is 2.22. The molecule has 0 bridgehead atoms. The van der Waals surface area contributed by atoms with Gasteiger partial charge in [-0.25, -0.2) is 34.8 Å². The molecular weight excluding hydrogens is 627 g/mol. The summed E-state index contributed by atoms with van der Waals surface area (Å²) in [5.74, 6) is 0. The van der Waals surface area contributed by atoms with Gasteiger partial charge in [0, 0.05) is 19.6 Å². The Labute approximate surface area is 261 Å². The second-order valence-electron chi connectivity index (χ2n) is 11.3. The minimum absolute atomic E-state index is 0.0105. The lowest BCUT2D eigenvalue weighted by molar-refractivity contribution is 0.0386. The number of aryl methyl sites for hydroxylation is 3.